The van der Waals surface area contributed by atoms with Crippen molar-refractivity contribution in [3.63, 3.8) is 0 Å². The third-order valence-electron chi connectivity index (χ3n) is 7.76. The molecule has 198 valence electrons. The molecule has 9 heteroatoms. The maximum absolute atomic E-state index is 13.6. The van der Waals surface area contributed by atoms with Crippen LogP contribution >= 0.6 is 11.8 Å². The Hall–Kier alpha value is -2.68. The summed E-state index contributed by atoms with van der Waals surface area (Å²) in [7, 11) is 0. The quantitative estimate of drug-likeness (QED) is 0.551. The van der Waals surface area contributed by atoms with Crippen LogP contribution in [0, 0.1) is 0 Å². The van der Waals surface area contributed by atoms with Crippen LogP contribution in [0.5, 0.6) is 0 Å². The molecule has 1 aromatic rings. The zero-order valence-electron chi connectivity index (χ0n) is 21.6. The number of hydrogen-bond acceptors (Lipinski definition) is 6. The summed E-state index contributed by atoms with van der Waals surface area (Å²) < 4.78 is 0. The Kier molecular flexibility index (Phi) is 8.27. The molecular weight excluding hydrogens is 486 g/mol. The minimum atomic E-state index is -0.785. The normalized spacial score (nSPS) is 23.0. The number of para-hydroxylation sites is 1. The molecule has 0 unspecified atom stereocenters. The highest BCUT2D eigenvalue weighted by molar-refractivity contribution is 8.15. The van der Waals surface area contributed by atoms with Gasteiger partial charge in [-0.2, -0.15) is 0 Å². The maximum atomic E-state index is 13.6. The molecule has 3 amide bonds. The highest BCUT2D eigenvalue weighted by Gasteiger charge is 2.43. The van der Waals surface area contributed by atoms with E-state index in [4.69, 9.17) is 9.98 Å². The SMILES string of the molecule is CC[C@@H](SC1=Nc2ccccc2C2=N[C@@H](CC(=O)NC3CCCCC3)C(=O)N12)C(=O)NC1CCCCC1. The number of thioether (sulfide) groups is 1. The Balaban J connectivity index is 1.32. The van der Waals surface area contributed by atoms with Crippen molar-refractivity contribution in [2.45, 2.75) is 107 Å². The molecule has 2 fully saturated rings. The first-order valence-electron chi connectivity index (χ1n) is 13.9. The van der Waals surface area contributed by atoms with Crippen LogP contribution in [-0.2, 0) is 14.4 Å². The van der Waals surface area contributed by atoms with Gasteiger partial charge in [0.2, 0.25) is 11.8 Å². The summed E-state index contributed by atoms with van der Waals surface area (Å²) in [5, 5.41) is 6.42. The largest absolute Gasteiger partial charge is 0.353 e. The number of nitrogens with one attached hydrogen (secondary N) is 2. The Bertz CT molecular complexity index is 1090. The van der Waals surface area contributed by atoms with Crippen LogP contribution in [-0.4, -0.2) is 57.0 Å². The van der Waals surface area contributed by atoms with Gasteiger partial charge in [-0.15, -0.1) is 0 Å². The summed E-state index contributed by atoms with van der Waals surface area (Å²) in [6, 6.07) is 7.22. The van der Waals surface area contributed by atoms with Crippen molar-refractivity contribution in [1.29, 1.82) is 0 Å². The monoisotopic (exact) mass is 523 g/mol. The number of amides is 3. The van der Waals surface area contributed by atoms with E-state index >= 15 is 0 Å². The molecule has 1 aromatic carbocycles. The van der Waals surface area contributed by atoms with E-state index in [1.54, 1.807) is 0 Å². The van der Waals surface area contributed by atoms with Gasteiger partial charge in [0.25, 0.3) is 5.91 Å². The maximum Gasteiger partial charge on any atom is 0.259 e. The molecule has 2 heterocycles. The Morgan fingerprint density at radius 2 is 1.65 bits per heavy atom. The smallest absolute Gasteiger partial charge is 0.259 e. The van der Waals surface area contributed by atoms with Crippen LogP contribution in [0.2, 0.25) is 0 Å². The number of carbonyl (C=O) groups excluding carboxylic acids is 3. The first kappa shape index (κ1) is 25.9. The fraction of sp³-hybridized carbons (Fsp3) is 0.607. The van der Waals surface area contributed by atoms with Crippen LogP contribution in [0.25, 0.3) is 0 Å². The average molecular weight is 524 g/mol. The summed E-state index contributed by atoms with van der Waals surface area (Å²) in [4.78, 5) is 50.6. The molecule has 4 aliphatic rings. The van der Waals surface area contributed by atoms with Crippen molar-refractivity contribution in [3.8, 4) is 0 Å². The Labute approximate surface area is 223 Å². The molecule has 37 heavy (non-hydrogen) atoms. The number of nitrogens with zero attached hydrogens (tertiary/aromatic N) is 3. The highest BCUT2D eigenvalue weighted by Crippen LogP contribution is 2.36. The molecule has 0 saturated heterocycles. The summed E-state index contributed by atoms with van der Waals surface area (Å²) >= 11 is 1.32. The second-order valence-corrected chi connectivity index (χ2v) is 11.7. The number of amidine groups is 2. The summed E-state index contributed by atoms with van der Waals surface area (Å²) in [6.45, 7) is 1.98. The van der Waals surface area contributed by atoms with Crippen molar-refractivity contribution < 1.29 is 14.4 Å². The van der Waals surface area contributed by atoms with Gasteiger partial charge in [0, 0.05) is 17.6 Å². The van der Waals surface area contributed by atoms with Crippen LogP contribution in [0.15, 0.2) is 34.3 Å². The van der Waals surface area contributed by atoms with Crippen LogP contribution in [0.1, 0.15) is 89.5 Å². The predicted molar refractivity (Wildman–Crippen MR) is 147 cm³/mol. The van der Waals surface area contributed by atoms with Crippen LogP contribution < -0.4 is 10.6 Å². The highest BCUT2D eigenvalue weighted by atomic mass is 32.2. The number of carbonyl (C=O) groups is 3. The van der Waals surface area contributed by atoms with Gasteiger partial charge in [0.1, 0.15) is 11.9 Å². The molecule has 0 bridgehead atoms. The van der Waals surface area contributed by atoms with Gasteiger partial charge in [0.05, 0.1) is 17.4 Å². The summed E-state index contributed by atoms with van der Waals surface area (Å²) in [6.07, 6.45) is 11.7. The van der Waals surface area contributed by atoms with E-state index in [1.165, 1.54) is 29.5 Å². The molecule has 2 atom stereocenters. The second kappa shape index (κ2) is 11.8. The van der Waals surface area contributed by atoms with E-state index in [9.17, 15) is 14.4 Å². The van der Waals surface area contributed by atoms with Gasteiger partial charge < -0.3 is 10.6 Å². The zero-order chi connectivity index (χ0) is 25.8. The Morgan fingerprint density at radius 1 is 1.00 bits per heavy atom. The van der Waals surface area contributed by atoms with Gasteiger partial charge in [-0.1, -0.05) is 69.3 Å². The van der Waals surface area contributed by atoms with Crippen LogP contribution in [0.4, 0.5) is 5.69 Å². The van der Waals surface area contributed by atoms with E-state index in [2.05, 4.69) is 10.6 Å². The first-order valence-corrected chi connectivity index (χ1v) is 14.8. The molecule has 0 aromatic heterocycles. The third kappa shape index (κ3) is 5.92. The van der Waals surface area contributed by atoms with Crippen molar-refractivity contribution in [2.24, 2.45) is 9.98 Å². The summed E-state index contributed by atoms with van der Waals surface area (Å²) in [5.74, 6) is 0.134. The van der Waals surface area contributed by atoms with Gasteiger partial charge in [-0.3, -0.25) is 19.4 Å². The molecule has 5 rings (SSSR count). The Morgan fingerprint density at radius 3 is 2.32 bits per heavy atom. The van der Waals surface area contributed by atoms with E-state index < -0.39 is 6.04 Å². The minimum absolute atomic E-state index is 0.00509. The van der Waals surface area contributed by atoms with Crippen LogP contribution in [0.3, 0.4) is 0 Å². The van der Waals surface area contributed by atoms with Crippen molar-refractivity contribution in [1.82, 2.24) is 15.5 Å². The summed E-state index contributed by atoms with van der Waals surface area (Å²) in [5.41, 5.74) is 1.50. The van der Waals surface area contributed by atoms with Gasteiger partial charge >= 0.3 is 0 Å². The number of hydrogen-bond donors (Lipinski definition) is 2. The number of fused-ring (bicyclic) bond motifs is 3. The van der Waals surface area contributed by atoms with Gasteiger partial charge in [-0.05, 0) is 44.2 Å². The van der Waals surface area contributed by atoms with E-state index in [1.807, 2.05) is 31.2 Å². The molecule has 8 nitrogen and oxygen atoms in total. The second-order valence-electron chi connectivity index (χ2n) is 10.5. The van der Waals surface area contributed by atoms with E-state index in [0.29, 0.717) is 17.4 Å². The predicted octanol–water partition coefficient (Wildman–Crippen LogP) is 4.44. The lowest BCUT2D eigenvalue weighted by atomic mass is 9.95. The lowest BCUT2D eigenvalue weighted by Gasteiger charge is -2.29. The van der Waals surface area contributed by atoms with Crippen molar-refractivity contribution >= 4 is 46.2 Å². The van der Waals surface area contributed by atoms with E-state index in [-0.39, 0.29) is 41.5 Å². The number of aliphatic imine (C=N–C) groups is 2. The molecule has 2 aliphatic carbocycles. The molecular formula is C28H37N5O3S. The lowest BCUT2D eigenvalue weighted by Crippen LogP contribution is -2.45. The number of benzene rings is 1. The lowest BCUT2D eigenvalue weighted by molar-refractivity contribution is -0.129. The van der Waals surface area contributed by atoms with Crippen molar-refractivity contribution in [3.05, 3.63) is 29.8 Å². The molecule has 2 aliphatic heterocycles. The molecule has 0 spiro atoms. The molecule has 2 N–H and O–H groups in total. The minimum Gasteiger partial charge on any atom is -0.353 e. The standard InChI is InChI=1S/C28H37N5O3S/c1-2-23(26(35)30-19-13-7-4-8-14-19)37-28-32-21-16-10-9-15-20(21)25-31-22(27(36)33(25)28)17-24(34)29-18-11-5-3-6-12-18/h9-10,15-16,18-19,22-23H,2-8,11-14,17H2,1H3,(H,29,34)(H,30,35)/t22-,23+/m0/s1. The number of rotatable bonds is 7. The fourth-order valence-corrected chi connectivity index (χ4v) is 6.74. The molecule has 2 saturated carbocycles. The topological polar surface area (TPSA) is 103 Å². The third-order valence-corrected chi connectivity index (χ3v) is 9.08. The van der Waals surface area contributed by atoms with Gasteiger partial charge in [0.15, 0.2) is 5.17 Å². The van der Waals surface area contributed by atoms with Gasteiger partial charge in [-0.25, -0.2) is 9.89 Å². The van der Waals surface area contributed by atoms with E-state index in [0.717, 1.165) is 62.6 Å². The van der Waals surface area contributed by atoms with Crippen molar-refractivity contribution in [2.75, 3.05) is 0 Å². The zero-order valence-corrected chi connectivity index (χ0v) is 22.4. The average Bonchev–Trinajstić information content (AvgIpc) is 3.24. The first-order chi connectivity index (χ1) is 18.0. The fourth-order valence-electron chi connectivity index (χ4n) is 5.71. The molecule has 0 radical (unpaired) electrons.